The average Bonchev–Trinajstić information content (AvgIpc) is 2.71. The number of hydrogen-bond acceptors (Lipinski definition) is 5. The van der Waals surface area contributed by atoms with Crippen LogP contribution in [-0.4, -0.2) is 19.5 Å². The van der Waals surface area contributed by atoms with Crippen molar-refractivity contribution in [1.29, 1.82) is 0 Å². The molecular formula is C21H20ClN3O3S. The maximum atomic E-state index is 11.1. The molecule has 0 fully saturated rings. The Balaban J connectivity index is 1.53. The van der Waals surface area contributed by atoms with Crippen LogP contribution in [-0.2, 0) is 16.5 Å². The van der Waals surface area contributed by atoms with Crippen LogP contribution in [0.4, 0.5) is 17.1 Å². The lowest BCUT2D eigenvalue weighted by molar-refractivity contribution is 0.483. The zero-order chi connectivity index (χ0) is 20.7. The molecule has 0 radical (unpaired) electrons. The summed E-state index contributed by atoms with van der Waals surface area (Å²) >= 11 is 6.00. The standard InChI is InChI=1S/C21H20ClN3O3S/c22-20-15-19(29(26,27)28)12-13-21(20)25-24-18-10-8-17(9-11-18)23-14-4-7-16-5-2-1-3-6-16/h1-3,5-6,8-13,15,23H,4,7,14H2,(H,26,27,28). The molecular weight excluding hydrogens is 410 g/mol. The van der Waals surface area contributed by atoms with Gasteiger partial charge >= 0.3 is 0 Å². The van der Waals surface area contributed by atoms with Gasteiger partial charge in [0.1, 0.15) is 5.69 Å². The Hall–Kier alpha value is -2.74. The summed E-state index contributed by atoms with van der Waals surface area (Å²) < 4.78 is 31.2. The summed E-state index contributed by atoms with van der Waals surface area (Å²) in [6.07, 6.45) is 2.06. The molecule has 0 atom stereocenters. The Morgan fingerprint density at radius 1 is 0.931 bits per heavy atom. The molecule has 0 amide bonds. The summed E-state index contributed by atoms with van der Waals surface area (Å²) in [7, 11) is -4.30. The number of rotatable bonds is 8. The lowest BCUT2D eigenvalue weighted by Gasteiger charge is -2.06. The highest BCUT2D eigenvalue weighted by Gasteiger charge is 2.11. The van der Waals surface area contributed by atoms with Crippen LogP contribution in [0.1, 0.15) is 12.0 Å². The Morgan fingerprint density at radius 2 is 1.66 bits per heavy atom. The monoisotopic (exact) mass is 429 g/mol. The van der Waals surface area contributed by atoms with Gasteiger partial charge in [-0.3, -0.25) is 4.55 Å². The van der Waals surface area contributed by atoms with E-state index in [0.717, 1.165) is 31.1 Å². The van der Waals surface area contributed by atoms with Crippen LogP contribution in [0.25, 0.3) is 0 Å². The molecule has 0 heterocycles. The van der Waals surface area contributed by atoms with Gasteiger partial charge in [-0.2, -0.15) is 13.5 Å². The number of aryl methyl sites for hydroxylation is 1. The molecule has 0 aliphatic heterocycles. The number of hydrogen-bond donors (Lipinski definition) is 2. The molecule has 0 aliphatic rings. The predicted molar refractivity (Wildman–Crippen MR) is 115 cm³/mol. The lowest BCUT2D eigenvalue weighted by Crippen LogP contribution is -2.02. The number of benzene rings is 3. The van der Waals surface area contributed by atoms with Crippen molar-refractivity contribution in [3.63, 3.8) is 0 Å². The molecule has 3 rings (SSSR count). The van der Waals surface area contributed by atoms with Gasteiger partial charge in [0.25, 0.3) is 10.1 Å². The first kappa shape index (κ1) is 21.0. The van der Waals surface area contributed by atoms with Gasteiger partial charge in [-0.1, -0.05) is 41.9 Å². The number of nitrogens with zero attached hydrogens (tertiary/aromatic N) is 2. The first-order valence-corrected chi connectivity index (χ1v) is 10.8. The van der Waals surface area contributed by atoms with E-state index in [1.807, 2.05) is 42.5 Å². The van der Waals surface area contributed by atoms with Crippen molar-refractivity contribution >= 4 is 38.8 Å². The lowest BCUT2D eigenvalue weighted by atomic mass is 10.1. The highest BCUT2D eigenvalue weighted by atomic mass is 35.5. The molecule has 0 saturated heterocycles. The van der Waals surface area contributed by atoms with Crippen molar-refractivity contribution in [1.82, 2.24) is 0 Å². The molecule has 2 N–H and O–H groups in total. The summed E-state index contributed by atoms with van der Waals surface area (Å²) in [5, 5.41) is 11.6. The highest BCUT2D eigenvalue weighted by Crippen LogP contribution is 2.29. The SMILES string of the molecule is O=S(=O)(O)c1ccc(N=Nc2ccc(NCCCc3ccccc3)cc2)c(Cl)c1. The van der Waals surface area contributed by atoms with Crippen molar-refractivity contribution in [2.45, 2.75) is 17.7 Å². The van der Waals surface area contributed by atoms with Gasteiger partial charge in [0.15, 0.2) is 0 Å². The van der Waals surface area contributed by atoms with Gasteiger partial charge in [-0.25, -0.2) is 0 Å². The fourth-order valence-corrected chi connectivity index (χ4v) is 3.45. The quantitative estimate of drug-likeness (QED) is 0.259. The minimum absolute atomic E-state index is 0.0839. The summed E-state index contributed by atoms with van der Waals surface area (Å²) in [6, 6.07) is 21.6. The third-order valence-electron chi connectivity index (χ3n) is 4.17. The zero-order valence-corrected chi connectivity index (χ0v) is 17.1. The summed E-state index contributed by atoms with van der Waals surface area (Å²) in [4.78, 5) is -0.288. The second-order valence-corrected chi connectivity index (χ2v) is 8.18. The van der Waals surface area contributed by atoms with E-state index in [1.54, 1.807) is 0 Å². The molecule has 0 bridgehead atoms. The molecule has 29 heavy (non-hydrogen) atoms. The molecule has 0 unspecified atom stereocenters. The van der Waals surface area contributed by atoms with Crippen LogP contribution in [0.15, 0.2) is 87.9 Å². The fourth-order valence-electron chi connectivity index (χ4n) is 2.66. The number of azo groups is 1. The molecule has 0 aliphatic carbocycles. The van der Waals surface area contributed by atoms with E-state index < -0.39 is 10.1 Å². The van der Waals surface area contributed by atoms with Gasteiger partial charge in [-0.15, -0.1) is 5.11 Å². The third-order valence-corrected chi connectivity index (χ3v) is 5.32. The molecule has 0 spiro atoms. The van der Waals surface area contributed by atoms with Crippen molar-refractivity contribution in [2.75, 3.05) is 11.9 Å². The second kappa shape index (κ2) is 9.65. The third kappa shape index (κ3) is 6.39. The fraction of sp³-hybridized carbons (Fsp3) is 0.143. The molecule has 8 heteroatoms. The maximum absolute atomic E-state index is 11.1. The Morgan fingerprint density at radius 3 is 2.31 bits per heavy atom. The van der Waals surface area contributed by atoms with E-state index >= 15 is 0 Å². The van der Waals surface area contributed by atoms with Gasteiger partial charge < -0.3 is 5.32 Å². The second-order valence-electron chi connectivity index (χ2n) is 6.35. The highest BCUT2D eigenvalue weighted by molar-refractivity contribution is 7.85. The van der Waals surface area contributed by atoms with E-state index in [4.69, 9.17) is 16.2 Å². The van der Waals surface area contributed by atoms with Gasteiger partial charge in [0.2, 0.25) is 0 Å². The van der Waals surface area contributed by atoms with E-state index in [-0.39, 0.29) is 9.92 Å². The molecule has 3 aromatic rings. The van der Waals surface area contributed by atoms with Crippen LogP contribution >= 0.6 is 11.6 Å². The normalized spacial score (nSPS) is 11.7. The minimum atomic E-state index is -4.30. The Kier molecular flexibility index (Phi) is 6.98. The number of anilines is 1. The summed E-state index contributed by atoms with van der Waals surface area (Å²) in [6.45, 7) is 0.867. The van der Waals surface area contributed by atoms with E-state index in [9.17, 15) is 8.42 Å². The Bertz CT molecular complexity index is 1090. The van der Waals surface area contributed by atoms with E-state index in [2.05, 4.69) is 27.7 Å². The van der Waals surface area contributed by atoms with Crippen molar-refractivity contribution in [3.05, 3.63) is 83.4 Å². The summed E-state index contributed by atoms with van der Waals surface area (Å²) in [5.41, 5.74) is 3.26. The Labute approximate surface area is 175 Å². The number of halogens is 1. The largest absolute Gasteiger partial charge is 0.385 e. The average molecular weight is 430 g/mol. The van der Waals surface area contributed by atoms with E-state index in [1.165, 1.54) is 17.7 Å². The smallest absolute Gasteiger partial charge is 0.294 e. The molecule has 0 aromatic heterocycles. The van der Waals surface area contributed by atoms with E-state index in [0.29, 0.717) is 11.4 Å². The molecule has 3 aromatic carbocycles. The maximum Gasteiger partial charge on any atom is 0.294 e. The van der Waals surface area contributed by atoms with Crippen molar-refractivity contribution in [3.8, 4) is 0 Å². The minimum Gasteiger partial charge on any atom is -0.385 e. The molecule has 0 saturated carbocycles. The van der Waals surface area contributed by atoms with Crippen LogP contribution in [0.2, 0.25) is 5.02 Å². The summed E-state index contributed by atoms with van der Waals surface area (Å²) in [5.74, 6) is 0. The number of nitrogens with one attached hydrogen (secondary N) is 1. The topological polar surface area (TPSA) is 91.1 Å². The first-order chi connectivity index (χ1) is 13.9. The van der Waals surface area contributed by atoms with Gasteiger partial charge in [-0.05, 0) is 60.9 Å². The van der Waals surface area contributed by atoms with Gasteiger partial charge in [0.05, 0.1) is 15.6 Å². The zero-order valence-electron chi connectivity index (χ0n) is 15.5. The van der Waals surface area contributed by atoms with Crippen LogP contribution in [0.3, 0.4) is 0 Å². The van der Waals surface area contributed by atoms with Crippen LogP contribution in [0.5, 0.6) is 0 Å². The predicted octanol–water partition coefficient (Wildman–Crippen LogP) is 6.05. The van der Waals surface area contributed by atoms with Crippen molar-refractivity contribution in [2.24, 2.45) is 10.2 Å². The first-order valence-electron chi connectivity index (χ1n) is 8.98. The van der Waals surface area contributed by atoms with Crippen molar-refractivity contribution < 1.29 is 13.0 Å². The van der Waals surface area contributed by atoms with Gasteiger partial charge in [0, 0.05) is 12.2 Å². The van der Waals surface area contributed by atoms with Crippen LogP contribution < -0.4 is 5.32 Å². The van der Waals surface area contributed by atoms with Crippen LogP contribution in [0, 0.1) is 0 Å². The molecule has 150 valence electrons. The molecule has 6 nitrogen and oxygen atoms in total.